The molecule has 3 rings (SSSR count). The first-order chi connectivity index (χ1) is 13.2. The second-order valence-corrected chi connectivity index (χ2v) is 9.90. The lowest BCUT2D eigenvalue weighted by Gasteiger charge is -2.26. The second kappa shape index (κ2) is 8.22. The van der Waals surface area contributed by atoms with Gasteiger partial charge in [-0.15, -0.1) is 0 Å². The molecule has 1 saturated carbocycles. The molecule has 0 bridgehead atoms. The fraction of sp³-hybridized carbons (Fsp3) is 0.500. The summed E-state index contributed by atoms with van der Waals surface area (Å²) in [5.41, 5.74) is 0.411. The highest BCUT2D eigenvalue weighted by Gasteiger charge is 2.27. The van der Waals surface area contributed by atoms with E-state index in [0.29, 0.717) is 17.4 Å². The molecule has 28 heavy (non-hydrogen) atoms. The van der Waals surface area contributed by atoms with Crippen LogP contribution in [0.4, 0.5) is 5.69 Å². The summed E-state index contributed by atoms with van der Waals surface area (Å²) in [6, 6.07) is 3.77. The van der Waals surface area contributed by atoms with Gasteiger partial charge in [0.2, 0.25) is 10.0 Å². The maximum Gasteiger partial charge on any atom is 0.284 e. The Morgan fingerprint density at radius 2 is 1.93 bits per heavy atom. The maximum atomic E-state index is 12.7. The van der Waals surface area contributed by atoms with Gasteiger partial charge in [-0.25, -0.2) is 18.1 Å². The number of nitrogens with one attached hydrogen (secondary N) is 1. The SMILES string of the molecule is Cc1nc(Sc2ccc(S(=O)(=O)NC3CCC(C)CC3)cc2[N+](=O)[O-])oc1C. The number of sulfonamides is 1. The van der Waals surface area contributed by atoms with Crippen molar-refractivity contribution in [3.8, 4) is 0 Å². The van der Waals surface area contributed by atoms with Gasteiger partial charge < -0.3 is 4.42 Å². The lowest BCUT2D eigenvalue weighted by molar-refractivity contribution is -0.388. The summed E-state index contributed by atoms with van der Waals surface area (Å²) in [6.07, 6.45) is 3.49. The molecule has 1 heterocycles. The number of nitro benzene ring substituents is 1. The summed E-state index contributed by atoms with van der Waals surface area (Å²) in [5.74, 6) is 1.23. The minimum Gasteiger partial charge on any atom is -0.436 e. The molecule has 0 atom stereocenters. The van der Waals surface area contributed by atoms with Crippen molar-refractivity contribution in [2.75, 3.05) is 0 Å². The number of aryl methyl sites for hydroxylation is 2. The zero-order valence-corrected chi connectivity index (χ0v) is 17.6. The van der Waals surface area contributed by atoms with Crippen LogP contribution in [-0.2, 0) is 10.0 Å². The molecule has 1 aromatic heterocycles. The Morgan fingerprint density at radius 1 is 1.25 bits per heavy atom. The summed E-state index contributed by atoms with van der Waals surface area (Å²) < 4.78 is 33.6. The normalized spacial score (nSPS) is 20.2. The molecule has 8 nitrogen and oxygen atoms in total. The van der Waals surface area contributed by atoms with E-state index in [0.717, 1.165) is 43.5 Å². The van der Waals surface area contributed by atoms with Gasteiger partial charge in [-0.3, -0.25) is 10.1 Å². The fourth-order valence-corrected chi connectivity index (χ4v) is 5.38. The van der Waals surface area contributed by atoms with Crippen LogP contribution in [-0.4, -0.2) is 24.4 Å². The number of hydrogen-bond acceptors (Lipinski definition) is 7. The lowest BCUT2D eigenvalue weighted by Crippen LogP contribution is -2.37. The van der Waals surface area contributed by atoms with Crippen molar-refractivity contribution in [3.63, 3.8) is 0 Å². The van der Waals surface area contributed by atoms with Gasteiger partial charge in [0.25, 0.3) is 10.9 Å². The molecule has 1 aliphatic carbocycles. The summed E-state index contributed by atoms with van der Waals surface area (Å²) >= 11 is 0.998. The van der Waals surface area contributed by atoms with Crippen molar-refractivity contribution in [2.24, 2.45) is 5.92 Å². The molecule has 0 saturated heterocycles. The van der Waals surface area contributed by atoms with Crippen LogP contribution in [0.15, 0.2) is 37.6 Å². The van der Waals surface area contributed by atoms with Crippen molar-refractivity contribution >= 4 is 27.5 Å². The van der Waals surface area contributed by atoms with E-state index in [2.05, 4.69) is 16.6 Å². The van der Waals surface area contributed by atoms with E-state index in [1.165, 1.54) is 12.1 Å². The number of benzene rings is 1. The number of hydrogen-bond donors (Lipinski definition) is 1. The first-order valence-electron chi connectivity index (χ1n) is 9.08. The van der Waals surface area contributed by atoms with Crippen LogP contribution in [0.5, 0.6) is 0 Å². The van der Waals surface area contributed by atoms with Crippen LogP contribution in [0.25, 0.3) is 0 Å². The molecule has 1 N–H and O–H groups in total. The molecule has 0 unspecified atom stereocenters. The van der Waals surface area contributed by atoms with E-state index in [4.69, 9.17) is 4.42 Å². The molecule has 152 valence electrons. The molecule has 0 radical (unpaired) electrons. The third kappa shape index (κ3) is 4.73. The predicted octanol–water partition coefficient (Wildman–Crippen LogP) is 4.21. The Balaban J connectivity index is 1.84. The minimum absolute atomic E-state index is 0.109. The summed E-state index contributed by atoms with van der Waals surface area (Å²) in [5, 5.41) is 11.8. The number of rotatable bonds is 6. The van der Waals surface area contributed by atoms with Crippen molar-refractivity contribution in [1.82, 2.24) is 9.71 Å². The molecule has 0 spiro atoms. The van der Waals surface area contributed by atoms with Gasteiger partial charge in [0.15, 0.2) is 0 Å². The third-order valence-electron chi connectivity index (χ3n) is 4.98. The zero-order chi connectivity index (χ0) is 20.5. The van der Waals surface area contributed by atoms with Crippen LogP contribution in [0.1, 0.15) is 44.1 Å². The van der Waals surface area contributed by atoms with E-state index in [1.54, 1.807) is 13.8 Å². The van der Waals surface area contributed by atoms with Crippen molar-refractivity contribution < 1.29 is 17.8 Å². The van der Waals surface area contributed by atoms with Gasteiger partial charge in [-0.2, -0.15) is 0 Å². The highest BCUT2D eigenvalue weighted by Crippen LogP contribution is 2.36. The molecular weight excluding hydrogens is 402 g/mol. The van der Waals surface area contributed by atoms with Crippen molar-refractivity contribution in [2.45, 2.75) is 67.5 Å². The van der Waals surface area contributed by atoms with Gasteiger partial charge >= 0.3 is 0 Å². The Kier molecular flexibility index (Phi) is 6.11. The van der Waals surface area contributed by atoms with E-state index >= 15 is 0 Å². The number of nitrogens with zero attached hydrogens (tertiary/aromatic N) is 2. The highest BCUT2D eigenvalue weighted by atomic mass is 32.2. The van der Waals surface area contributed by atoms with E-state index in [9.17, 15) is 18.5 Å². The molecule has 0 aliphatic heterocycles. The fourth-order valence-electron chi connectivity index (χ4n) is 3.14. The Morgan fingerprint density at radius 3 is 2.50 bits per heavy atom. The summed E-state index contributed by atoms with van der Waals surface area (Å²) in [7, 11) is -3.83. The Hall–Kier alpha value is -1.91. The molecule has 2 aromatic rings. The summed E-state index contributed by atoms with van der Waals surface area (Å²) in [6.45, 7) is 5.69. The lowest BCUT2D eigenvalue weighted by atomic mass is 9.88. The van der Waals surface area contributed by atoms with Crippen molar-refractivity contribution in [1.29, 1.82) is 0 Å². The van der Waals surface area contributed by atoms with E-state index < -0.39 is 14.9 Å². The van der Waals surface area contributed by atoms with Crippen LogP contribution in [0.3, 0.4) is 0 Å². The second-order valence-electron chi connectivity index (χ2n) is 7.19. The quantitative estimate of drug-likeness (QED) is 0.544. The molecule has 0 amide bonds. The van der Waals surface area contributed by atoms with Gasteiger partial charge in [0.1, 0.15) is 5.76 Å². The van der Waals surface area contributed by atoms with Crippen LogP contribution in [0.2, 0.25) is 0 Å². The smallest absolute Gasteiger partial charge is 0.284 e. The summed E-state index contributed by atoms with van der Waals surface area (Å²) in [4.78, 5) is 15.3. The van der Waals surface area contributed by atoms with E-state index in [1.807, 2.05) is 0 Å². The number of oxazole rings is 1. The van der Waals surface area contributed by atoms with Gasteiger partial charge in [-0.1, -0.05) is 6.92 Å². The highest BCUT2D eigenvalue weighted by molar-refractivity contribution is 7.99. The largest absolute Gasteiger partial charge is 0.436 e. The molecule has 1 aliphatic rings. The minimum atomic E-state index is -3.83. The Bertz CT molecular complexity index is 960. The average Bonchev–Trinajstić information content (AvgIpc) is 2.94. The topological polar surface area (TPSA) is 115 Å². The van der Waals surface area contributed by atoms with Crippen molar-refractivity contribution in [3.05, 3.63) is 39.8 Å². The maximum absolute atomic E-state index is 12.7. The number of aromatic nitrogens is 1. The Labute approximate surface area is 168 Å². The molecule has 1 aromatic carbocycles. The zero-order valence-electron chi connectivity index (χ0n) is 16.0. The van der Waals surface area contributed by atoms with E-state index in [-0.39, 0.29) is 26.7 Å². The van der Waals surface area contributed by atoms with Crippen LogP contribution >= 0.6 is 11.8 Å². The van der Waals surface area contributed by atoms with Crippen LogP contribution in [0, 0.1) is 29.9 Å². The van der Waals surface area contributed by atoms with Gasteiger partial charge in [0, 0.05) is 12.1 Å². The third-order valence-corrected chi connectivity index (χ3v) is 7.41. The standard InChI is InChI=1S/C18H23N3O5S2/c1-11-4-6-14(7-5-11)20-28(24,25)15-8-9-17(16(10-15)21(22)23)27-18-19-12(2)13(3)26-18/h8-11,14,20H,4-7H2,1-3H3. The monoisotopic (exact) mass is 425 g/mol. The van der Waals surface area contributed by atoms with Gasteiger partial charge in [0.05, 0.1) is 20.4 Å². The molecule has 10 heteroatoms. The van der Waals surface area contributed by atoms with Gasteiger partial charge in [-0.05, 0) is 69.3 Å². The first-order valence-corrected chi connectivity index (χ1v) is 11.4. The molecule has 1 fully saturated rings. The van der Waals surface area contributed by atoms with Crippen LogP contribution < -0.4 is 4.72 Å². The average molecular weight is 426 g/mol. The first kappa shape index (κ1) is 20.8. The molecular formula is C18H23N3O5S2. The predicted molar refractivity (Wildman–Crippen MR) is 105 cm³/mol. The number of nitro groups is 1.